The Morgan fingerprint density at radius 3 is 2.50 bits per heavy atom. The Labute approximate surface area is 166 Å². The summed E-state index contributed by atoms with van der Waals surface area (Å²) in [6, 6.07) is 10.4. The highest BCUT2D eigenvalue weighted by molar-refractivity contribution is 5.30. The molecule has 0 saturated heterocycles. The summed E-state index contributed by atoms with van der Waals surface area (Å²) in [5.41, 5.74) is 1.57. The maximum Gasteiger partial charge on any atom is 0.300 e. The van der Waals surface area contributed by atoms with E-state index in [1.165, 1.54) is 37.3 Å². The van der Waals surface area contributed by atoms with Gasteiger partial charge in [-0.25, -0.2) is 0 Å². The summed E-state index contributed by atoms with van der Waals surface area (Å²) in [7, 11) is 0. The van der Waals surface area contributed by atoms with E-state index >= 15 is 0 Å². The molecule has 5 heteroatoms. The fourth-order valence-corrected chi connectivity index (χ4v) is 4.46. The largest absolute Gasteiger partial charge is 0.490 e. The van der Waals surface area contributed by atoms with Crippen molar-refractivity contribution < 1.29 is 9.47 Å². The molecular formula is C23H30N2O3. The minimum Gasteiger partial charge on any atom is -0.490 e. The van der Waals surface area contributed by atoms with Gasteiger partial charge in [-0.2, -0.15) is 4.98 Å². The van der Waals surface area contributed by atoms with Crippen molar-refractivity contribution >= 4 is 0 Å². The number of hydrogen-bond donors (Lipinski definition) is 0. The molecule has 1 fully saturated rings. The normalized spacial score (nSPS) is 24.5. The Bertz CT molecular complexity index is 859. The molecule has 1 aromatic heterocycles. The maximum absolute atomic E-state index is 11.3. The first kappa shape index (κ1) is 19.0. The zero-order chi connectivity index (χ0) is 19.7. The lowest BCUT2D eigenvalue weighted by molar-refractivity contribution is 0.143. The van der Waals surface area contributed by atoms with Gasteiger partial charge in [-0.05, 0) is 60.6 Å². The number of nitrogens with zero attached hydrogens (tertiary/aromatic N) is 2. The van der Waals surface area contributed by atoms with Crippen molar-refractivity contribution in [3.05, 3.63) is 52.4 Å². The van der Waals surface area contributed by atoms with Gasteiger partial charge in [0, 0.05) is 12.3 Å². The molecule has 1 unspecified atom stereocenters. The lowest BCUT2D eigenvalue weighted by atomic mass is 9.69. The predicted octanol–water partition coefficient (Wildman–Crippen LogP) is 4.40. The number of benzene rings is 1. The molecule has 1 saturated carbocycles. The first-order valence-electron chi connectivity index (χ1n) is 10.4. The van der Waals surface area contributed by atoms with E-state index in [1.54, 1.807) is 6.20 Å². The average Bonchev–Trinajstić information content (AvgIpc) is 3.08. The monoisotopic (exact) mass is 382 g/mol. The summed E-state index contributed by atoms with van der Waals surface area (Å²) in [6.45, 7) is 8.19. The molecule has 28 heavy (non-hydrogen) atoms. The van der Waals surface area contributed by atoms with Crippen LogP contribution in [0.5, 0.6) is 11.8 Å². The lowest BCUT2D eigenvalue weighted by Gasteiger charge is -2.37. The zero-order valence-electron chi connectivity index (χ0n) is 17.1. The summed E-state index contributed by atoms with van der Waals surface area (Å²) >= 11 is 0. The molecule has 2 aliphatic rings. The fourth-order valence-electron chi connectivity index (χ4n) is 4.46. The molecule has 0 spiro atoms. The number of ether oxygens (including phenoxy) is 2. The Balaban J connectivity index is 1.28. The number of aromatic nitrogens is 2. The van der Waals surface area contributed by atoms with Crippen molar-refractivity contribution in [2.75, 3.05) is 6.61 Å². The van der Waals surface area contributed by atoms with Crippen LogP contribution in [0.2, 0.25) is 0 Å². The van der Waals surface area contributed by atoms with Gasteiger partial charge in [0.1, 0.15) is 12.4 Å². The Kier molecular flexibility index (Phi) is 5.17. The minimum absolute atomic E-state index is 0.123. The fraction of sp³-hybridized carbons (Fsp3) is 0.565. The van der Waals surface area contributed by atoms with Crippen LogP contribution >= 0.6 is 0 Å². The molecule has 2 aromatic rings. The van der Waals surface area contributed by atoms with Crippen molar-refractivity contribution in [3.63, 3.8) is 0 Å². The summed E-state index contributed by atoms with van der Waals surface area (Å²) in [4.78, 5) is 15.2. The van der Waals surface area contributed by atoms with Crippen LogP contribution in [0.15, 0.2) is 41.3 Å². The van der Waals surface area contributed by atoms with E-state index in [0.717, 1.165) is 11.7 Å². The molecular weight excluding hydrogens is 352 g/mol. The smallest absolute Gasteiger partial charge is 0.300 e. The van der Waals surface area contributed by atoms with Crippen molar-refractivity contribution in [1.82, 2.24) is 9.55 Å². The van der Waals surface area contributed by atoms with E-state index in [2.05, 4.69) is 50.0 Å². The molecule has 0 N–H and O–H groups in total. The molecule has 1 aromatic carbocycles. The molecule has 1 atom stereocenters. The second-order valence-electron chi connectivity index (χ2n) is 9.24. The number of hydrogen-bond acceptors (Lipinski definition) is 4. The van der Waals surface area contributed by atoms with Gasteiger partial charge in [0.15, 0.2) is 6.10 Å². The Hall–Kier alpha value is -2.30. The zero-order valence-corrected chi connectivity index (χ0v) is 17.1. The van der Waals surface area contributed by atoms with Crippen LogP contribution in [0, 0.1) is 11.3 Å². The number of rotatable bonds is 4. The molecule has 1 aliphatic carbocycles. The highest BCUT2D eigenvalue weighted by Gasteiger charge is 2.30. The summed E-state index contributed by atoms with van der Waals surface area (Å²) < 4.78 is 13.4. The van der Waals surface area contributed by atoms with Crippen LogP contribution in [0.3, 0.4) is 0 Å². The predicted molar refractivity (Wildman–Crippen MR) is 109 cm³/mol. The molecule has 5 nitrogen and oxygen atoms in total. The van der Waals surface area contributed by atoms with Crippen LogP contribution in [-0.4, -0.2) is 22.3 Å². The van der Waals surface area contributed by atoms with Gasteiger partial charge in [-0.1, -0.05) is 32.9 Å². The first-order valence-corrected chi connectivity index (χ1v) is 10.4. The van der Waals surface area contributed by atoms with Crippen LogP contribution in [-0.2, 0) is 6.54 Å². The Morgan fingerprint density at radius 1 is 1.11 bits per heavy atom. The molecule has 1 aliphatic heterocycles. The molecule has 0 bridgehead atoms. The van der Waals surface area contributed by atoms with Crippen LogP contribution in [0.4, 0.5) is 0 Å². The van der Waals surface area contributed by atoms with Crippen LogP contribution < -0.4 is 15.0 Å². The van der Waals surface area contributed by atoms with E-state index in [0.29, 0.717) is 30.5 Å². The third-order valence-corrected chi connectivity index (χ3v) is 6.26. The highest BCUT2D eigenvalue weighted by Crippen LogP contribution is 2.43. The topological polar surface area (TPSA) is 53.4 Å². The molecule has 0 amide bonds. The van der Waals surface area contributed by atoms with Gasteiger partial charge in [0.05, 0.1) is 6.54 Å². The molecule has 150 valence electrons. The molecule has 0 radical (unpaired) electrons. The highest BCUT2D eigenvalue weighted by atomic mass is 16.6. The van der Waals surface area contributed by atoms with E-state index in [-0.39, 0.29) is 11.7 Å². The molecule has 2 heterocycles. The molecule has 4 rings (SSSR count). The van der Waals surface area contributed by atoms with E-state index < -0.39 is 0 Å². The SMILES string of the molecule is CC(C)(C)C1CCC(c2ccc(OCC3Cn4ccc(=O)nc4O3)cc2)CC1. The summed E-state index contributed by atoms with van der Waals surface area (Å²) in [6.07, 6.45) is 6.80. The van der Waals surface area contributed by atoms with Crippen LogP contribution in [0.1, 0.15) is 57.9 Å². The van der Waals surface area contributed by atoms with Crippen LogP contribution in [0.25, 0.3) is 0 Å². The quantitative estimate of drug-likeness (QED) is 0.786. The van der Waals surface area contributed by atoms with Gasteiger partial charge in [-0.15, -0.1) is 0 Å². The second kappa shape index (κ2) is 7.61. The maximum atomic E-state index is 11.3. The lowest BCUT2D eigenvalue weighted by Crippen LogP contribution is -2.25. The van der Waals surface area contributed by atoms with Crippen molar-refractivity contribution in [2.45, 2.75) is 65.0 Å². The minimum atomic E-state index is -0.278. The van der Waals surface area contributed by atoms with E-state index in [4.69, 9.17) is 9.47 Å². The second-order valence-corrected chi connectivity index (χ2v) is 9.24. The van der Waals surface area contributed by atoms with Gasteiger partial charge in [-0.3, -0.25) is 9.36 Å². The third kappa shape index (κ3) is 4.23. The standard InChI is InChI=1S/C23H30N2O3/c1-23(2,3)18-8-4-16(5-9-18)17-6-10-19(11-7-17)27-15-20-14-25-13-12-21(26)24-22(25)28-20/h6-7,10-13,16,18,20H,4-5,8-9,14-15H2,1-3H3. The number of fused-ring (bicyclic) bond motifs is 1. The average molecular weight is 383 g/mol. The summed E-state index contributed by atoms with van der Waals surface area (Å²) in [5, 5.41) is 0. The van der Waals surface area contributed by atoms with Gasteiger partial charge in [0.2, 0.25) is 0 Å². The van der Waals surface area contributed by atoms with Crippen molar-refractivity contribution in [3.8, 4) is 11.8 Å². The van der Waals surface area contributed by atoms with E-state index in [9.17, 15) is 4.79 Å². The van der Waals surface area contributed by atoms with Crippen molar-refractivity contribution in [1.29, 1.82) is 0 Å². The van der Waals surface area contributed by atoms with Crippen molar-refractivity contribution in [2.24, 2.45) is 11.3 Å². The Morgan fingerprint density at radius 2 is 1.82 bits per heavy atom. The first-order chi connectivity index (χ1) is 13.4. The van der Waals surface area contributed by atoms with Gasteiger partial charge >= 0.3 is 0 Å². The van der Waals surface area contributed by atoms with Gasteiger partial charge < -0.3 is 9.47 Å². The third-order valence-electron chi connectivity index (χ3n) is 6.26. The van der Waals surface area contributed by atoms with Gasteiger partial charge in [0.25, 0.3) is 11.6 Å². The van der Waals surface area contributed by atoms with E-state index in [1.807, 2.05) is 4.57 Å². The summed E-state index contributed by atoms with van der Waals surface area (Å²) in [5.74, 6) is 2.37.